The van der Waals surface area contributed by atoms with E-state index < -0.39 is 6.04 Å². The topological polar surface area (TPSA) is 90.5 Å². The third kappa shape index (κ3) is 5.51. The van der Waals surface area contributed by atoms with Gasteiger partial charge in [0.1, 0.15) is 17.7 Å². The summed E-state index contributed by atoms with van der Waals surface area (Å²) in [6.07, 6.45) is 0. The highest BCUT2D eigenvalue weighted by atomic mass is 16.2. The van der Waals surface area contributed by atoms with Crippen molar-refractivity contribution in [3.05, 3.63) is 53.5 Å². The number of hydrogen-bond donors (Lipinski definition) is 2. The van der Waals surface area contributed by atoms with Gasteiger partial charge in [-0.1, -0.05) is 30.3 Å². The Hall–Kier alpha value is -3.00. The van der Waals surface area contributed by atoms with Crippen molar-refractivity contribution in [2.24, 2.45) is 0 Å². The summed E-state index contributed by atoms with van der Waals surface area (Å²) >= 11 is 0. The zero-order valence-corrected chi connectivity index (χ0v) is 17.2. The molecular weight excluding hydrogens is 368 g/mol. The highest BCUT2D eigenvalue weighted by molar-refractivity contribution is 5.89. The first-order valence-corrected chi connectivity index (χ1v) is 9.82. The Morgan fingerprint density at radius 2 is 1.76 bits per heavy atom. The second kappa shape index (κ2) is 9.47. The van der Waals surface area contributed by atoms with Crippen LogP contribution >= 0.6 is 0 Å². The molecule has 0 radical (unpaired) electrons. The van der Waals surface area contributed by atoms with Crippen molar-refractivity contribution in [1.29, 1.82) is 0 Å². The lowest BCUT2D eigenvalue weighted by molar-refractivity contribution is -0.129. The van der Waals surface area contributed by atoms with Crippen molar-refractivity contribution >= 4 is 17.6 Å². The summed E-state index contributed by atoms with van der Waals surface area (Å²) in [5.41, 5.74) is 1.72. The van der Waals surface area contributed by atoms with Crippen LogP contribution in [0.15, 0.2) is 36.4 Å². The lowest BCUT2D eigenvalue weighted by Gasteiger charge is -2.35. The minimum Gasteiger partial charge on any atom is -0.357 e. The molecule has 1 unspecified atom stereocenters. The van der Waals surface area contributed by atoms with E-state index >= 15 is 0 Å². The standard InChI is InChI=1S/C21H28N6O2/c1-15-13-18(24-16(2)23-15)27-11-9-26(10-12-27)14-19(28)25-20(21(29)22-3)17-7-5-4-6-8-17/h4-8,13,20H,9-12,14H2,1-3H3,(H,22,29)(H,25,28). The fourth-order valence-electron chi connectivity index (χ4n) is 3.49. The van der Waals surface area contributed by atoms with E-state index in [1.54, 1.807) is 7.05 Å². The summed E-state index contributed by atoms with van der Waals surface area (Å²) in [6.45, 7) is 7.22. The number of carbonyl (C=O) groups excluding carboxylic acids is 2. The number of rotatable bonds is 6. The quantitative estimate of drug-likeness (QED) is 0.751. The van der Waals surface area contributed by atoms with Crippen molar-refractivity contribution in [1.82, 2.24) is 25.5 Å². The number of likely N-dealkylation sites (N-methyl/N-ethyl adjacent to an activating group) is 1. The molecule has 3 rings (SSSR count). The number of amides is 2. The molecule has 2 heterocycles. The number of nitrogens with zero attached hydrogens (tertiary/aromatic N) is 4. The van der Waals surface area contributed by atoms with E-state index in [9.17, 15) is 9.59 Å². The van der Waals surface area contributed by atoms with Crippen LogP contribution in [0.25, 0.3) is 0 Å². The summed E-state index contributed by atoms with van der Waals surface area (Å²) in [6, 6.07) is 10.6. The molecule has 8 heteroatoms. The molecule has 1 saturated heterocycles. The molecule has 1 fully saturated rings. The van der Waals surface area contributed by atoms with Crippen LogP contribution in [0, 0.1) is 13.8 Å². The highest BCUT2D eigenvalue weighted by Gasteiger charge is 2.24. The van der Waals surface area contributed by atoms with E-state index in [0.29, 0.717) is 0 Å². The molecule has 0 saturated carbocycles. The maximum absolute atomic E-state index is 12.6. The normalized spacial score (nSPS) is 15.6. The number of hydrogen-bond acceptors (Lipinski definition) is 6. The van der Waals surface area contributed by atoms with Gasteiger partial charge in [0.25, 0.3) is 0 Å². The molecule has 1 aliphatic rings. The van der Waals surface area contributed by atoms with Crippen LogP contribution < -0.4 is 15.5 Å². The molecule has 2 N–H and O–H groups in total. The SMILES string of the molecule is CNC(=O)C(NC(=O)CN1CCN(c2cc(C)nc(C)n2)CC1)c1ccccc1. The lowest BCUT2D eigenvalue weighted by atomic mass is 10.1. The van der Waals surface area contributed by atoms with Gasteiger partial charge >= 0.3 is 0 Å². The minimum atomic E-state index is -0.693. The van der Waals surface area contributed by atoms with Crippen LogP contribution in [-0.4, -0.2) is 66.5 Å². The third-order valence-corrected chi connectivity index (χ3v) is 4.96. The number of carbonyl (C=O) groups is 2. The molecule has 0 bridgehead atoms. The molecule has 2 amide bonds. The predicted octanol–water partition coefficient (Wildman–Crippen LogP) is 0.819. The molecule has 2 aromatic rings. The number of piperazine rings is 1. The van der Waals surface area contributed by atoms with Crippen LogP contribution in [-0.2, 0) is 9.59 Å². The van der Waals surface area contributed by atoms with Gasteiger partial charge in [0.15, 0.2) is 0 Å². The Balaban J connectivity index is 1.55. The first-order chi connectivity index (χ1) is 14.0. The minimum absolute atomic E-state index is 0.162. The van der Waals surface area contributed by atoms with Crippen LogP contribution in [0.3, 0.4) is 0 Å². The van der Waals surface area contributed by atoms with Gasteiger partial charge in [-0.15, -0.1) is 0 Å². The third-order valence-electron chi connectivity index (χ3n) is 4.96. The zero-order valence-electron chi connectivity index (χ0n) is 17.2. The van der Waals surface area contributed by atoms with Crippen LogP contribution in [0.1, 0.15) is 23.1 Å². The van der Waals surface area contributed by atoms with Gasteiger partial charge in [0, 0.05) is 45.0 Å². The van der Waals surface area contributed by atoms with E-state index in [2.05, 4.69) is 30.4 Å². The van der Waals surface area contributed by atoms with Gasteiger partial charge in [-0.25, -0.2) is 9.97 Å². The second-order valence-electron chi connectivity index (χ2n) is 7.20. The lowest BCUT2D eigenvalue weighted by Crippen LogP contribution is -2.51. The van der Waals surface area contributed by atoms with Crippen molar-refractivity contribution < 1.29 is 9.59 Å². The van der Waals surface area contributed by atoms with E-state index in [4.69, 9.17) is 0 Å². The van der Waals surface area contributed by atoms with Gasteiger partial charge < -0.3 is 15.5 Å². The zero-order chi connectivity index (χ0) is 20.8. The Labute approximate surface area is 171 Å². The number of aryl methyl sites for hydroxylation is 2. The maximum Gasteiger partial charge on any atom is 0.246 e. The molecular formula is C21H28N6O2. The molecule has 1 atom stereocenters. The molecule has 1 aliphatic heterocycles. The van der Waals surface area contributed by atoms with Crippen molar-refractivity contribution in [2.75, 3.05) is 44.7 Å². The first kappa shape index (κ1) is 20.7. The van der Waals surface area contributed by atoms with Crippen LogP contribution in [0.5, 0.6) is 0 Å². The molecule has 0 spiro atoms. The van der Waals surface area contributed by atoms with E-state index in [1.807, 2.05) is 50.2 Å². The van der Waals surface area contributed by atoms with Gasteiger partial charge in [-0.2, -0.15) is 0 Å². The van der Waals surface area contributed by atoms with Gasteiger partial charge in [0.2, 0.25) is 11.8 Å². The molecule has 0 aliphatic carbocycles. The summed E-state index contributed by atoms with van der Waals surface area (Å²) in [7, 11) is 1.57. The number of nitrogens with one attached hydrogen (secondary N) is 2. The van der Waals surface area contributed by atoms with E-state index in [0.717, 1.165) is 49.1 Å². The Kier molecular flexibility index (Phi) is 6.77. The average molecular weight is 396 g/mol. The maximum atomic E-state index is 12.6. The van der Waals surface area contributed by atoms with E-state index in [1.165, 1.54) is 0 Å². The molecule has 29 heavy (non-hydrogen) atoms. The molecule has 154 valence electrons. The Bertz CT molecular complexity index is 829. The highest BCUT2D eigenvalue weighted by Crippen LogP contribution is 2.16. The first-order valence-electron chi connectivity index (χ1n) is 9.82. The predicted molar refractivity (Wildman–Crippen MR) is 112 cm³/mol. The van der Waals surface area contributed by atoms with Crippen molar-refractivity contribution in [3.8, 4) is 0 Å². The van der Waals surface area contributed by atoms with Gasteiger partial charge in [-0.3, -0.25) is 14.5 Å². The van der Waals surface area contributed by atoms with Crippen molar-refractivity contribution in [2.45, 2.75) is 19.9 Å². The smallest absolute Gasteiger partial charge is 0.246 e. The summed E-state index contributed by atoms with van der Waals surface area (Å²) in [5.74, 6) is 1.30. The summed E-state index contributed by atoms with van der Waals surface area (Å²) in [4.78, 5) is 38.0. The fraction of sp³-hybridized carbons (Fsp3) is 0.429. The van der Waals surface area contributed by atoms with Crippen LogP contribution in [0.2, 0.25) is 0 Å². The van der Waals surface area contributed by atoms with Gasteiger partial charge in [0.05, 0.1) is 6.54 Å². The number of benzene rings is 1. The largest absolute Gasteiger partial charge is 0.357 e. The Morgan fingerprint density at radius 3 is 2.38 bits per heavy atom. The number of aromatic nitrogens is 2. The monoisotopic (exact) mass is 396 g/mol. The van der Waals surface area contributed by atoms with Crippen molar-refractivity contribution in [3.63, 3.8) is 0 Å². The fourth-order valence-corrected chi connectivity index (χ4v) is 3.49. The van der Waals surface area contributed by atoms with E-state index in [-0.39, 0.29) is 18.4 Å². The Morgan fingerprint density at radius 1 is 1.07 bits per heavy atom. The summed E-state index contributed by atoms with van der Waals surface area (Å²) in [5, 5.41) is 5.48. The summed E-state index contributed by atoms with van der Waals surface area (Å²) < 4.78 is 0. The molecule has 1 aromatic carbocycles. The molecule has 1 aromatic heterocycles. The molecule has 8 nitrogen and oxygen atoms in total. The number of anilines is 1. The van der Waals surface area contributed by atoms with Crippen LogP contribution in [0.4, 0.5) is 5.82 Å². The van der Waals surface area contributed by atoms with Gasteiger partial charge in [-0.05, 0) is 19.4 Å². The second-order valence-corrected chi connectivity index (χ2v) is 7.20. The average Bonchev–Trinajstić information content (AvgIpc) is 2.72.